The van der Waals surface area contributed by atoms with Crippen LogP contribution in [0.1, 0.15) is 25.0 Å². The highest BCUT2D eigenvalue weighted by atomic mass is 16.5. The fourth-order valence-electron chi connectivity index (χ4n) is 2.38. The summed E-state index contributed by atoms with van der Waals surface area (Å²) in [6.07, 6.45) is 3.62. The number of rotatable bonds is 7. The number of ether oxygens (including phenoxy) is 1. The number of hydrogen-bond donors (Lipinski definition) is 1. The van der Waals surface area contributed by atoms with E-state index in [-0.39, 0.29) is 0 Å². The second kappa shape index (κ2) is 5.72. The highest BCUT2D eigenvalue weighted by Gasteiger charge is 2.21. The molecule has 0 spiro atoms. The van der Waals surface area contributed by atoms with Crippen LogP contribution in [0.25, 0.3) is 10.9 Å². The van der Waals surface area contributed by atoms with E-state index < -0.39 is 0 Å². The van der Waals surface area contributed by atoms with Crippen LogP contribution in [0.4, 0.5) is 0 Å². The first-order chi connectivity index (χ1) is 9.38. The normalized spacial score (nSPS) is 15.2. The number of nitrogens with one attached hydrogen (secondary N) is 1. The summed E-state index contributed by atoms with van der Waals surface area (Å²) >= 11 is 0. The summed E-state index contributed by atoms with van der Waals surface area (Å²) in [6.45, 7) is 2.57. The summed E-state index contributed by atoms with van der Waals surface area (Å²) in [5, 5.41) is 9.58. The molecule has 0 amide bonds. The van der Waals surface area contributed by atoms with Gasteiger partial charge in [-0.05, 0) is 25.3 Å². The lowest BCUT2D eigenvalue weighted by molar-refractivity contribution is 0.189. The second-order valence-corrected chi connectivity index (χ2v) is 5.19. The first-order valence-electron chi connectivity index (χ1n) is 7.05. The van der Waals surface area contributed by atoms with Gasteiger partial charge in [-0.1, -0.05) is 18.2 Å². The van der Waals surface area contributed by atoms with Crippen molar-refractivity contribution >= 4 is 10.9 Å². The van der Waals surface area contributed by atoms with Crippen molar-refractivity contribution in [3.63, 3.8) is 0 Å². The number of aromatic nitrogens is 2. The third-order valence-corrected chi connectivity index (χ3v) is 3.59. The van der Waals surface area contributed by atoms with Gasteiger partial charge in [-0.2, -0.15) is 5.10 Å². The molecule has 3 rings (SSSR count). The molecule has 1 fully saturated rings. The Bertz CT molecular complexity index is 545. The average molecular weight is 259 g/mol. The lowest BCUT2D eigenvalue weighted by Crippen LogP contribution is -2.16. The van der Waals surface area contributed by atoms with Crippen molar-refractivity contribution in [2.24, 2.45) is 0 Å². The van der Waals surface area contributed by atoms with Gasteiger partial charge in [-0.25, -0.2) is 0 Å². The lowest BCUT2D eigenvalue weighted by Gasteiger charge is -2.02. The number of aryl methyl sites for hydroxylation is 1. The van der Waals surface area contributed by atoms with Crippen LogP contribution in [0.3, 0.4) is 0 Å². The fourth-order valence-corrected chi connectivity index (χ4v) is 2.38. The quantitative estimate of drug-likeness (QED) is 0.776. The maximum Gasteiger partial charge on any atom is 0.0841 e. The molecule has 4 nitrogen and oxygen atoms in total. The summed E-state index contributed by atoms with van der Waals surface area (Å²) in [7, 11) is 1.74. The van der Waals surface area contributed by atoms with E-state index in [9.17, 15) is 0 Å². The summed E-state index contributed by atoms with van der Waals surface area (Å²) in [6, 6.07) is 9.20. The van der Waals surface area contributed by atoms with Crippen molar-refractivity contribution in [1.82, 2.24) is 15.1 Å². The van der Waals surface area contributed by atoms with E-state index in [1.54, 1.807) is 7.11 Å². The van der Waals surface area contributed by atoms with Crippen molar-refractivity contribution in [2.75, 3.05) is 13.7 Å². The molecule has 1 aromatic heterocycles. The van der Waals surface area contributed by atoms with Gasteiger partial charge < -0.3 is 10.1 Å². The molecule has 0 unspecified atom stereocenters. The third-order valence-electron chi connectivity index (χ3n) is 3.59. The third kappa shape index (κ3) is 2.96. The first kappa shape index (κ1) is 12.6. The van der Waals surface area contributed by atoms with Crippen LogP contribution in [0, 0.1) is 0 Å². The standard InChI is InChI=1S/C15H21N3O/c1-19-10-4-9-18-15-6-3-2-5-13(15)14(17-18)11-16-12-7-8-12/h2-3,5-6,12,16H,4,7-11H2,1H3. The second-order valence-electron chi connectivity index (χ2n) is 5.19. The van der Waals surface area contributed by atoms with Gasteiger partial charge in [-0.3, -0.25) is 4.68 Å². The maximum atomic E-state index is 5.12. The molecule has 1 aliphatic rings. The number of para-hydroxylation sites is 1. The number of hydrogen-bond acceptors (Lipinski definition) is 3. The average Bonchev–Trinajstić information content (AvgIpc) is 3.20. The van der Waals surface area contributed by atoms with Crippen molar-refractivity contribution in [3.8, 4) is 0 Å². The molecule has 0 atom stereocenters. The highest BCUT2D eigenvalue weighted by molar-refractivity contribution is 5.81. The summed E-state index contributed by atoms with van der Waals surface area (Å²) in [4.78, 5) is 0. The number of methoxy groups -OCH3 is 1. The Morgan fingerprint density at radius 1 is 1.37 bits per heavy atom. The summed E-state index contributed by atoms with van der Waals surface area (Å²) in [5.41, 5.74) is 2.39. The number of fused-ring (bicyclic) bond motifs is 1. The SMILES string of the molecule is COCCCn1nc(CNC2CC2)c2ccccc21. The van der Waals surface area contributed by atoms with Crippen molar-refractivity contribution in [2.45, 2.75) is 38.4 Å². The smallest absolute Gasteiger partial charge is 0.0841 e. The minimum absolute atomic E-state index is 0.720. The van der Waals surface area contributed by atoms with Gasteiger partial charge in [-0.15, -0.1) is 0 Å². The monoisotopic (exact) mass is 259 g/mol. The van der Waals surface area contributed by atoms with Gasteiger partial charge in [0, 0.05) is 38.2 Å². The highest BCUT2D eigenvalue weighted by Crippen LogP contribution is 2.22. The minimum Gasteiger partial charge on any atom is -0.385 e. The van der Waals surface area contributed by atoms with Crippen LogP contribution in [0.5, 0.6) is 0 Å². The van der Waals surface area contributed by atoms with Crippen LogP contribution < -0.4 is 5.32 Å². The van der Waals surface area contributed by atoms with Gasteiger partial charge >= 0.3 is 0 Å². The predicted octanol–water partition coefficient (Wildman–Crippen LogP) is 2.32. The molecule has 102 valence electrons. The van der Waals surface area contributed by atoms with Crippen LogP contribution in [-0.4, -0.2) is 29.5 Å². The number of nitrogens with zero attached hydrogens (tertiary/aromatic N) is 2. The topological polar surface area (TPSA) is 39.1 Å². The molecule has 1 saturated carbocycles. The molecule has 1 aliphatic carbocycles. The molecule has 0 saturated heterocycles. The van der Waals surface area contributed by atoms with Gasteiger partial charge in [0.15, 0.2) is 0 Å². The van der Waals surface area contributed by atoms with E-state index >= 15 is 0 Å². The Balaban J connectivity index is 1.79. The maximum absolute atomic E-state index is 5.12. The van der Waals surface area contributed by atoms with Crippen LogP contribution in [0.2, 0.25) is 0 Å². The van der Waals surface area contributed by atoms with E-state index in [1.165, 1.54) is 29.4 Å². The van der Waals surface area contributed by atoms with E-state index in [0.717, 1.165) is 32.2 Å². The van der Waals surface area contributed by atoms with Gasteiger partial charge in [0.25, 0.3) is 0 Å². The number of benzene rings is 1. The van der Waals surface area contributed by atoms with Crippen LogP contribution in [-0.2, 0) is 17.8 Å². The van der Waals surface area contributed by atoms with Gasteiger partial charge in [0.2, 0.25) is 0 Å². The fraction of sp³-hybridized carbons (Fsp3) is 0.533. The van der Waals surface area contributed by atoms with Crippen LogP contribution in [0.15, 0.2) is 24.3 Å². The van der Waals surface area contributed by atoms with Crippen molar-refractivity contribution in [1.29, 1.82) is 0 Å². The zero-order valence-corrected chi connectivity index (χ0v) is 11.4. The van der Waals surface area contributed by atoms with Crippen LogP contribution >= 0.6 is 0 Å². The zero-order valence-electron chi connectivity index (χ0n) is 11.4. The largest absolute Gasteiger partial charge is 0.385 e. The lowest BCUT2D eigenvalue weighted by atomic mass is 10.2. The summed E-state index contributed by atoms with van der Waals surface area (Å²) < 4.78 is 7.23. The Hall–Kier alpha value is -1.39. The minimum atomic E-state index is 0.720. The Morgan fingerprint density at radius 2 is 2.21 bits per heavy atom. The Kier molecular flexibility index (Phi) is 3.80. The van der Waals surface area contributed by atoms with E-state index in [2.05, 4.69) is 34.3 Å². The van der Waals surface area contributed by atoms with Crippen molar-refractivity contribution in [3.05, 3.63) is 30.0 Å². The van der Waals surface area contributed by atoms with E-state index in [4.69, 9.17) is 9.84 Å². The molecule has 1 aromatic carbocycles. The van der Waals surface area contributed by atoms with Gasteiger partial charge in [0.05, 0.1) is 11.2 Å². The van der Waals surface area contributed by atoms with E-state index in [1.807, 2.05) is 0 Å². The summed E-state index contributed by atoms with van der Waals surface area (Å²) in [5.74, 6) is 0. The molecular formula is C15H21N3O. The Labute approximate surface area is 113 Å². The molecular weight excluding hydrogens is 238 g/mol. The molecule has 2 aromatic rings. The zero-order chi connectivity index (χ0) is 13.1. The Morgan fingerprint density at radius 3 is 3.00 bits per heavy atom. The molecule has 1 heterocycles. The predicted molar refractivity (Wildman–Crippen MR) is 76.1 cm³/mol. The molecule has 1 N–H and O–H groups in total. The molecule has 19 heavy (non-hydrogen) atoms. The molecule has 4 heteroatoms. The first-order valence-corrected chi connectivity index (χ1v) is 7.05. The van der Waals surface area contributed by atoms with E-state index in [0.29, 0.717) is 0 Å². The molecule has 0 radical (unpaired) electrons. The molecule has 0 aliphatic heterocycles. The van der Waals surface area contributed by atoms with Gasteiger partial charge in [0.1, 0.15) is 0 Å². The van der Waals surface area contributed by atoms with Crippen molar-refractivity contribution < 1.29 is 4.74 Å². The molecule has 0 bridgehead atoms.